The first-order valence-corrected chi connectivity index (χ1v) is 7.42. The summed E-state index contributed by atoms with van der Waals surface area (Å²) in [5.74, 6) is 0.225. The lowest BCUT2D eigenvalue weighted by Crippen LogP contribution is -2.33. The molecule has 0 radical (unpaired) electrons. The van der Waals surface area contributed by atoms with Gasteiger partial charge in [-0.15, -0.1) is 0 Å². The predicted molar refractivity (Wildman–Crippen MR) is 83.7 cm³/mol. The first kappa shape index (κ1) is 15.9. The van der Waals surface area contributed by atoms with E-state index in [2.05, 4.69) is 12.2 Å². The minimum atomic E-state index is -0.169. The minimum absolute atomic E-state index is 0.116. The summed E-state index contributed by atoms with van der Waals surface area (Å²) >= 11 is 17.9. The van der Waals surface area contributed by atoms with Crippen molar-refractivity contribution >= 4 is 46.4 Å². The van der Waals surface area contributed by atoms with E-state index >= 15 is 0 Å². The van der Waals surface area contributed by atoms with E-state index in [1.807, 2.05) is 4.90 Å². The van der Waals surface area contributed by atoms with E-state index in [4.69, 9.17) is 40.5 Å². The fourth-order valence-corrected chi connectivity index (χ4v) is 3.18. The molecule has 0 aromatic heterocycles. The summed E-state index contributed by atoms with van der Waals surface area (Å²) in [6, 6.07) is 3.20. The van der Waals surface area contributed by atoms with Crippen LogP contribution in [-0.2, 0) is 4.79 Å². The van der Waals surface area contributed by atoms with Gasteiger partial charge in [-0.2, -0.15) is 0 Å². The second kappa shape index (κ2) is 6.50. The maximum Gasteiger partial charge on any atom is 0.238 e. The van der Waals surface area contributed by atoms with E-state index in [0.29, 0.717) is 26.7 Å². The average Bonchev–Trinajstić information content (AvgIpc) is 2.63. The van der Waals surface area contributed by atoms with Crippen molar-refractivity contribution in [3.8, 4) is 0 Å². The Balaban J connectivity index is 1.99. The van der Waals surface area contributed by atoms with Gasteiger partial charge in [-0.3, -0.25) is 9.69 Å². The molecule has 1 heterocycles. The topological polar surface area (TPSA) is 58.4 Å². The predicted octanol–water partition coefficient (Wildman–Crippen LogP) is 2.86. The Kier molecular flexibility index (Phi) is 5.15. The van der Waals surface area contributed by atoms with Gasteiger partial charge in [0, 0.05) is 24.2 Å². The number of anilines is 1. The molecule has 2 rings (SSSR count). The molecular weight excluding hydrogens is 321 g/mol. The molecule has 20 heavy (non-hydrogen) atoms. The molecule has 1 amide bonds. The van der Waals surface area contributed by atoms with Crippen molar-refractivity contribution in [2.24, 2.45) is 11.7 Å². The lowest BCUT2D eigenvalue weighted by molar-refractivity contribution is -0.117. The number of likely N-dealkylation sites (tertiary alicyclic amines) is 1. The van der Waals surface area contributed by atoms with Crippen molar-refractivity contribution in [3.63, 3.8) is 0 Å². The molecule has 1 aromatic rings. The third-order valence-corrected chi connectivity index (χ3v) is 4.20. The van der Waals surface area contributed by atoms with E-state index in [9.17, 15) is 4.79 Å². The van der Waals surface area contributed by atoms with Crippen LogP contribution in [0.3, 0.4) is 0 Å². The van der Waals surface area contributed by atoms with Crippen molar-refractivity contribution in [3.05, 3.63) is 27.2 Å². The van der Waals surface area contributed by atoms with Crippen molar-refractivity contribution in [2.45, 2.75) is 13.0 Å². The quantitative estimate of drug-likeness (QED) is 0.892. The number of halogens is 3. The van der Waals surface area contributed by atoms with Gasteiger partial charge in [0.1, 0.15) is 0 Å². The molecular formula is C13H16Cl3N3O. The Morgan fingerprint density at radius 1 is 1.35 bits per heavy atom. The highest BCUT2D eigenvalue weighted by Crippen LogP contribution is 2.33. The van der Waals surface area contributed by atoms with Gasteiger partial charge in [0.15, 0.2) is 0 Å². The molecule has 3 N–H and O–H groups in total. The van der Waals surface area contributed by atoms with Gasteiger partial charge in [0.2, 0.25) is 5.91 Å². The molecule has 1 fully saturated rings. The Hall–Kier alpha value is -0.520. The molecule has 1 saturated heterocycles. The normalized spacial score (nSPS) is 23.1. The van der Waals surface area contributed by atoms with Crippen molar-refractivity contribution < 1.29 is 4.79 Å². The Labute approximate surface area is 133 Å². The summed E-state index contributed by atoms with van der Waals surface area (Å²) in [7, 11) is 0. The van der Waals surface area contributed by atoms with Crippen LogP contribution >= 0.6 is 34.8 Å². The molecule has 1 aliphatic heterocycles. The van der Waals surface area contributed by atoms with Gasteiger partial charge < -0.3 is 11.1 Å². The lowest BCUT2D eigenvalue weighted by Gasteiger charge is -2.16. The number of nitrogens with one attached hydrogen (secondary N) is 1. The second-order valence-electron chi connectivity index (χ2n) is 5.13. The number of hydrogen-bond donors (Lipinski definition) is 2. The molecule has 0 aliphatic carbocycles. The standard InChI is InChI=1S/C13H16Cl3N3O/c1-7-4-19(5-11(7)17)6-12(20)18-13-9(15)2-8(14)3-10(13)16/h2-3,7,11H,4-6,17H2,1H3,(H,18,20). The van der Waals surface area contributed by atoms with Crippen LogP contribution in [0.4, 0.5) is 5.69 Å². The Bertz CT molecular complexity index is 491. The summed E-state index contributed by atoms with van der Waals surface area (Å²) in [4.78, 5) is 14.0. The third-order valence-electron chi connectivity index (χ3n) is 3.38. The van der Waals surface area contributed by atoms with Gasteiger partial charge in [-0.1, -0.05) is 41.7 Å². The highest BCUT2D eigenvalue weighted by atomic mass is 35.5. The number of benzene rings is 1. The van der Waals surface area contributed by atoms with Crippen LogP contribution in [0.25, 0.3) is 0 Å². The first-order valence-electron chi connectivity index (χ1n) is 6.29. The Morgan fingerprint density at radius 2 is 1.95 bits per heavy atom. The number of carbonyl (C=O) groups excluding carboxylic acids is 1. The summed E-state index contributed by atoms with van der Waals surface area (Å²) in [6.45, 7) is 3.89. The maximum atomic E-state index is 12.0. The van der Waals surface area contributed by atoms with Gasteiger partial charge in [-0.05, 0) is 18.1 Å². The molecule has 0 spiro atoms. The third kappa shape index (κ3) is 3.77. The monoisotopic (exact) mass is 335 g/mol. The summed E-state index contributed by atoms with van der Waals surface area (Å²) in [5.41, 5.74) is 6.32. The van der Waals surface area contributed by atoms with E-state index in [0.717, 1.165) is 13.1 Å². The average molecular weight is 337 g/mol. The van der Waals surface area contributed by atoms with Crippen LogP contribution < -0.4 is 11.1 Å². The smallest absolute Gasteiger partial charge is 0.238 e. The minimum Gasteiger partial charge on any atom is -0.326 e. The van der Waals surface area contributed by atoms with Gasteiger partial charge in [0.05, 0.1) is 22.3 Å². The zero-order valence-corrected chi connectivity index (χ0v) is 13.3. The van der Waals surface area contributed by atoms with Crippen LogP contribution in [0.5, 0.6) is 0 Å². The lowest BCUT2D eigenvalue weighted by atomic mass is 10.1. The highest BCUT2D eigenvalue weighted by molar-refractivity contribution is 6.42. The SMILES string of the molecule is CC1CN(CC(=O)Nc2c(Cl)cc(Cl)cc2Cl)CC1N. The molecule has 1 aromatic carbocycles. The number of nitrogens with zero attached hydrogens (tertiary/aromatic N) is 1. The van der Waals surface area contributed by atoms with Crippen molar-refractivity contribution in [1.29, 1.82) is 0 Å². The Morgan fingerprint density at radius 3 is 2.45 bits per heavy atom. The van der Waals surface area contributed by atoms with E-state index in [1.165, 1.54) is 0 Å². The summed E-state index contributed by atoms with van der Waals surface area (Å²) in [5, 5.41) is 3.79. The van der Waals surface area contributed by atoms with Gasteiger partial charge in [0.25, 0.3) is 0 Å². The molecule has 1 aliphatic rings. The number of hydrogen-bond acceptors (Lipinski definition) is 3. The van der Waals surface area contributed by atoms with Crippen LogP contribution in [0.1, 0.15) is 6.92 Å². The molecule has 0 saturated carbocycles. The first-order chi connectivity index (χ1) is 9.36. The maximum absolute atomic E-state index is 12.0. The van der Waals surface area contributed by atoms with Crippen LogP contribution in [-0.4, -0.2) is 36.5 Å². The number of amides is 1. The highest BCUT2D eigenvalue weighted by Gasteiger charge is 2.27. The molecule has 2 atom stereocenters. The molecule has 2 unspecified atom stereocenters. The fourth-order valence-electron chi connectivity index (χ4n) is 2.27. The van der Waals surface area contributed by atoms with Gasteiger partial charge >= 0.3 is 0 Å². The number of nitrogens with two attached hydrogens (primary N) is 1. The summed E-state index contributed by atoms with van der Waals surface area (Å²) in [6.07, 6.45) is 0. The molecule has 4 nitrogen and oxygen atoms in total. The second-order valence-corrected chi connectivity index (χ2v) is 6.38. The van der Waals surface area contributed by atoms with E-state index in [-0.39, 0.29) is 18.5 Å². The molecule has 7 heteroatoms. The zero-order chi connectivity index (χ0) is 14.9. The van der Waals surface area contributed by atoms with E-state index < -0.39 is 0 Å². The number of carbonyl (C=O) groups is 1. The van der Waals surface area contributed by atoms with E-state index in [1.54, 1.807) is 12.1 Å². The fraction of sp³-hybridized carbons (Fsp3) is 0.462. The molecule has 110 valence electrons. The summed E-state index contributed by atoms with van der Waals surface area (Å²) < 4.78 is 0. The van der Waals surface area contributed by atoms with Crippen LogP contribution in [0.2, 0.25) is 15.1 Å². The van der Waals surface area contributed by atoms with Crippen LogP contribution in [0.15, 0.2) is 12.1 Å². The zero-order valence-electron chi connectivity index (χ0n) is 11.0. The number of rotatable bonds is 3. The van der Waals surface area contributed by atoms with Crippen molar-refractivity contribution in [2.75, 3.05) is 25.0 Å². The van der Waals surface area contributed by atoms with Crippen molar-refractivity contribution in [1.82, 2.24) is 4.90 Å². The molecule has 0 bridgehead atoms. The van der Waals surface area contributed by atoms with Crippen LogP contribution in [0, 0.1) is 5.92 Å². The van der Waals surface area contributed by atoms with Gasteiger partial charge in [-0.25, -0.2) is 0 Å². The largest absolute Gasteiger partial charge is 0.326 e.